The summed E-state index contributed by atoms with van der Waals surface area (Å²) in [6.07, 6.45) is 4.98. The summed E-state index contributed by atoms with van der Waals surface area (Å²) in [5.74, 6) is -0.0992. The number of carbonyl (C=O) groups is 1. The quantitative estimate of drug-likeness (QED) is 0.523. The van der Waals surface area contributed by atoms with Crippen LogP contribution in [0.2, 0.25) is 0 Å². The minimum Gasteiger partial charge on any atom is -0.379 e. The normalized spacial score (nSPS) is 16.2. The largest absolute Gasteiger partial charge is 0.379 e. The van der Waals surface area contributed by atoms with Crippen molar-refractivity contribution in [2.75, 3.05) is 26.8 Å². The van der Waals surface area contributed by atoms with E-state index < -0.39 is 0 Å². The van der Waals surface area contributed by atoms with Gasteiger partial charge in [-0.25, -0.2) is 9.67 Å². The van der Waals surface area contributed by atoms with Gasteiger partial charge in [0.05, 0.1) is 35.5 Å². The summed E-state index contributed by atoms with van der Waals surface area (Å²) >= 11 is 0. The van der Waals surface area contributed by atoms with Crippen LogP contribution in [0.5, 0.6) is 0 Å². The summed E-state index contributed by atoms with van der Waals surface area (Å²) in [4.78, 5) is 20.5. The molecule has 1 aliphatic heterocycles. The third-order valence-electron chi connectivity index (χ3n) is 6.13. The van der Waals surface area contributed by atoms with Gasteiger partial charge in [-0.1, -0.05) is 31.5 Å². The molecule has 0 saturated carbocycles. The van der Waals surface area contributed by atoms with Crippen LogP contribution in [-0.2, 0) is 11.3 Å². The average molecular weight is 450 g/mol. The van der Waals surface area contributed by atoms with Crippen LogP contribution in [0.15, 0.2) is 36.5 Å². The highest BCUT2D eigenvalue weighted by molar-refractivity contribution is 6.06. The number of benzene rings is 1. The van der Waals surface area contributed by atoms with Gasteiger partial charge in [-0.3, -0.25) is 4.79 Å². The van der Waals surface area contributed by atoms with Crippen LogP contribution >= 0.6 is 0 Å². The number of nitrogens with one attached hydrogen (secondary N) is 1. The molecular formula is C26H35N5O2. The van der Waals surface area contributed by atoms with E-state index in [0.29, 0.717) is 18.8 Å². The second kappa shape index (κ2) is 10.4. The van der Waals surface area contributed by atoms with Gasteiger partial charge in [0.2, 0.25) is 0 Å². The van der Waals surface area contributed by atoms with E-state index in [9.17, 15) is 4.79 Å². The summed E-state index contributed by atoms with van der Waals surface area (Å²) < 4.78 is 7.32. The highest BCUT2D eigenvalue weighted by Crippen LogP contribution is 2.27. The Balaban J connectivity index is 1.70. The zero-order valence-electron chi connectivity index (χ0n) is 20.2. The predicted molar refractivity (Wildman–Crippen MR) is 131 cm³/mol. The van der Waals surface area contributed by atoms with Crippen LogP contribution in [0.25, 0.3) is 22.3 Å². The second-order valence-electron chi connectivity index (χ2n) is 9.30. The van der Waals surface area contributed by atoms with E-state index in [1.54, 1.807) is 6.20 Å². The molecule has 0 bridgehead atoms. The van der Waals surface area contributed by atoms with Crippen LogP contribution in [0.4, 0.5) is 0 Å². The fraction of sp³-hybridized carbons (Fsp3) is 0.500. The third kappa shape index (κ3) is 5.42. The number of ether oxygens (including phenoxy) is 1. The Bertz CT molecular complexity index is 1100. The Morgan fingerprint density at radius 2 is 2.18 bits per heavy atom. The fourth-order valence-electron chi connectivity index (χ4n) is 4.29. The molecule has 4 rings (SSSR count). The molecule has 1 saturated heterocycles. The van der Waals surface area contributed by atoms with E-state index in [-0.39, 0.29) is 18.0 Å². The lowest BCUT2D eigenvalue weighted by Gasteiger charge is -2.17. The van der Waals surface area contributed by atoms with E-state index in [4.69, 9.17) is 9.72 Å². The zero-order valence-corrected chi connectivity index (χ0v) is 20.2. The smallest absolute Gasteiger partial charge is 0.252 e. The van der Waals surface area contributed by atoms with Gasteiger partial charge >= 0.3 is 0 Å². The zero-order chi connectivity index (χ0) is 23.4. The number of nitrogens with zero attached hydrogens (tertiary/aromatic N) is 4. The summed E-state index contributed by atoms with van der Waals surface area (Å²) in [6, 6.07) is 10.6. The van der Waals surface area contributed by atoms with Gasteiger partial charge in [-0.2, -0.15) is 5.10 Å². The number of hydrogen-bond donors (Lipinski definition) is 1. The predicted octanol–water partition coefficient (Wildman–Crippen LogP) is 4.43. The molecule has 1 fully saturated rings. The van der Waals surface area contributed by atoms with E-state index in [0.717, 1.165) is 41.8 Å². The lowest BCUT2D eigenvalue weighted by molar-refractivity contribution is 0.0931. The Morgan fingerprint density at radius 3 is 2.91 bits per heavy atom. The Labute approximate surface area is 196 Å². The molecule has 1 amide bonds. The van der Waals surface area contributed by atoms with Gasteiger partial charge in [-0.15, -0.1) is 0 Å². The first kappa shape index (κ1) is 23.4. The lowest BCUT2D eigenvalue weighted by atomic mass is 10.0. The molecular weight excluding hydrogens is 414 g/mol. The Hall–Kier alpha value is -2.77. The van der Waals surface area contributed by atoms with Crippen molar-refractivity contribution in [1.29, 1.82) is 0 Å². The van der Waals surface area contributed by atoms with Gasteiger partial charge < -0.3 is 15.0 Å². The number of hydrogen-bond acceptors (Lipinski definition) is 5. The van der Waals surface area contributed by atoms with Crippen LogP contribution in [-0.4, -0.2) is 58.4 Å². The van der Waals surface area contributed by atoms with Crippen LogP contribution in [0.1, 0.15) is 62.0 Å². The number of rotatable bonds is 9. The molecule has 0 aliphatic carbocycles. The van der Waals surface area contributed by atoms with Crippen molar-refractivity contribution in [3.8, 4) is 11.3 Å². The molecule has 1 atom stereocenters. The molecule has 7 nitrogen and oxygen atoms in total. The van der Waals surface area contributed by atoms with Crippen LogP contribution in [0.3, 0.4) is 0 Å². The SMILES string of the molecule is CCCCN(C)Cc1cccc(-c2cc(C(=O)NC3CCOC3)c3cnn(C(C)C)c3n2)c1. The third-order valence-corrected chi connectivity index (χ3v) is 6.13. The maximum absolute atomic E-state index is 13.3. The highest BCUT2D eigenvalue weighted by Gasteiger charge is 2.23. The van der Waals surface area contributed by atoms with Gasteiger partial charge in [-0.05, 0) is 58.0 Å². The lowest BCUT2D eigenvalue weighted by Crippen LogP contribution is -2.35. The molecule has 1 unspecified atom stereocenters. The van der Waals surface area contributed by atoms with E-state index in [2.05, 4.69) is 67.4 Å². The summed E-state index contributed by atoms with van der Waals surface area (Å²) in [5.41, 5.74) is 4.38. The molecule has 3 heterocycles. The molecule has 7 heteroatoms. The second-order valence-corrected chi connectivity index (χ2v) is 9.30. The van der Waals surface area contributed by atoms with Crippen LogP contribution in [0, 0.1) is 0 Å². The van der Waals surface area contributed by atoms with Crippen molar-refractivity contribution < 1.29 is 9.53 Å². The fourth-order valence-corrected chi connectivity index (χ4v) is 4.29. The molecule has 176 valence electrons. The minimum atomic E-state index is -0.0992. The molecule has 1 aromatic carbocycles. The number of pyridine rings is 1. The first-order valence-corrected chi connectivity index (χ1v) is 12.0. The molecule has 2 aromatic heterocycles. The van der Waals surface area contributed by atoms with Crippen molar-refractivity contribution in [3.05, 3.63) is 47.7 Å². The number of amides is 1. The molecule has 0 spiro atoms. The van der Waals surface area contributed by atoms with E-state index in [1.807, 2.05) is 10.7 Å². The maximum Gasteiger partial charge on any atom is 0.252 e. The maximum atomic E-state index is 13.3. The van der Waals surface area contributed by atoms with Gasteiger partial charge in [0, 0.05) is 24.8 Å². The number of aromatic nitrogens is 3. The van der Waals surface area contributed by atoms with E-state index >= 15 is 0 Å². The summed E-state index contributed by atoms with van der Waals surface area (Å²) in [6.45, 7) is 9.57. The molecule has 1 aliphatic rings. The molecule has 3 aromatic rings. The van der Waals surface area contributed by atoms with Gasteiger partial charge in [0.15, 0.2) is 5.65 Å². The number of unbranched alkanes of at least 4 members (excludes halogenated alkanes) is 1. The number of fused-ring (bicyclic) bond motifs is 1. The Morgan fingerprint density at radius 1 is 1.33 bits per heavy atom. The standard InChI is InChI=1S/C26H35N5O2/c1-5-6-11-30(4)16-19-8-7-9-20(13-19)24-14-22(26(32)28-21-10-12-33-17-21)23-15-27-31(18(2)3)25(23)29-24/h7-9,13-15,18,21H,5-6,10-12,16-17H2,1-4H3,(H,28,32). The molecule has 0 radical (unpaired) electrons. The number of carbonyl (C=O) groups excluding carboxylic acids is 1. The molecule has 33 heavy (non-hydrogen) atoms. The molecule has 1 N–H and O–H groups in total. The van der Waals surface area contributed by atoms with Crippen molar-refractivity contribution in [2.45, 2.75) is 58.7 Å². The van der Waals surface area contributed by atoms with Crippen molar-refractivity contribution in [1.82, 2.24) is 25.0 Å². The van der Waals surface area contributed by atoms with Gasteiger partial charge in [0.25, 0.3) is 5.91 Å². The first-order chi connectivity index (χ1) is 16.0. The first-order valence-electron chi connectivity index (χ1n) is 12.0. The van der Waals surface area contributed by atoms with Crippen molar-refractivity contribution in [3.63, 3.8) is 0 Å². The van der Waals surface area contributed by atoms with Gasteiger partial charge in [0.1, 0.15) is 0 Å². The summed E-state index contributed by atoms with van der Waals surface area (Å²) in [5, 5.41) is 8.44. The van der Waals surface area contributed by atoms with Crippen LogP contribution < -0.4 is 5.32 Å². The minimum absolute atomic E-state index is 0.0475. The van der Waals surface area contributed by atoms with E-state index in [1.165, 1.54) is 18.4 Å². The average Bonchev–Trinajstić information content (AvgIpc) is 3.47. The highest BCUT2D eigenvalue weighted by atomic mass is 16.5. The monoisotopic (exact) mass is 449 g/mol. The van der Waals surface area contributed by atoms with Crippen molar-refractivity contribution >= 4 is 16.9 Å². The van der Waals surface area contributed by atoms with Crippen molar-refractivity contribution in [2.24, 2.45) is 0 Å². The topological polar surface area (TPSA) is 72.3 Å². The Kier molecular flexibility index (Phi) is 7.40. The summed E-state index contributed by atoms with van der Waals surface area (Å²) in [7, 11) is 2.16.